The lowest BCUT2D eigenvalue weighted by Gasteiger charge is -2.19. The number of fused-ring (bicyclic) bond motifs is 1. The maximum Gasteiger partial charge on any atom is 0.288 e. The molecule has 2 amide bonds. The van der Waals surface area contributed by atoms with Crippen LogP contribution in [0, 0.1) is 6.92 Å². The van der Waals surface area contributed by atoms with Crippen LogP contribution >= 0.6 is 11.6 Å². The first kappa shape index (κ1) is 18.9. The van der Waals surface area contributed by atoms with Gasteiger partial charge < -0.3 is 10.6 Å². The van der Waals surface area contributed by atoms with Gasteiger partial charge in [0.2, 0.25) is 5.82 Å². The average molecular weight is 385 g/mol. The molecule has 1 aromatic carbocycles. The summed E-state index contributed by atoms with van der Waals surface area (Å²) in [6, 6.07) is 10.6. The molecule has 0 spiro atoms. The highest BCUT2D eigenvalue weighted by atomic mass is 35.5. The Bertz CT molecular complexity index is 1030. The van der Waals surface area contributed by atoms with Gasteiger partial charge in [-0.2, -0.15) is 0 Å². The third-order valence-corrected chi connectivity index (χ3v) is 4.38. The summed E-state index contributed by atoms with van der Waals surface area (Å²) >= 11 is 6.12. The second-order valence-electron chi connectivity index (χ2n) is 7.31. The Morgan fingerprint density at radius 2 is 1.81 bits per heavy atom. The van der Waals surface area contributed by atoms with Gasteiger partial charge in [0.1, 0.15) is 0 Å². The maximum absolute atomic E-state index is 12.9. The normalized spacial score (nSPS) is 11.4. The van der Waals surface area contributed by atoms with Crippen molar-refractivity contribution in [3.63, 3.8) is 0 Å². The summed E-state index contributed by atoms with van der Waals surface area (Å²) in [5.41, 5.74) is 1.67. The van der Waals surface area contributed by atoms with Crippen molar-refractivity contribution in [3.8, 4) is 0 Å². The van der Waals surface area contributed by atoms with Gasteiger partial charge in [-0.3, -0.25) is 14.0 Å². The monoisotopic (exact) mass is 384 g/mol. The van der Waals surface area contributed by atoms with Crippen molar-refractivity contribution in [3.05, 3.63) is 64.7 Å². The fourth-order valence-corrected chi connectivity index (χ4v) is 2.86. The van der Waals surface area contributed by atoms with Gasteiger partial charge in [-0.1, -0.05) is 23.7 Å². The van der Waals surface area contributed by atoms with Gasteiger partial charge >= 0.3 is 0 Å². The number of aromatic nitrogens is 2. The first-order valence-electron chi connectivity index (χ1n) is 8.53. The quantitative estimate of drug-likeness (QED) is 0.714. The van der Waals surface area contributed by atoms with Crippen molar-refractivity contribution in [1.82, 2.24) is 14.7 Å². The van der Waals surface area contributed by atoms with Gasteiger partial charge in [0, 0.05) is 22.4 Å². The van der Waals surface area contributed by atoms with Gasteiger partial charge in [0.25, 0.3) is 11.8 Å². The molecule has 0 aliphatic heterocycles. The van der Waals surface area contributed by atoms with Crippen LogP contribution in [0.2, 0.25) is 5.02 Å². The maximum atomic E-state index is 12.9. The molecule has 0 atom stereocenters. The lowest BCUT2D eigenvalue weighted by molar-refractivity contribution is 0.0908. The molecule has 0 saturated heterocycles. The largest absolute Gasteiger partial charge is 0.345 e. The Morgan fingerprint density at radius 1 is 1.07 bits per heavy atom. The number of anilines is 1. The zero-order valence-electron chi connectivity index (χ0n) is 15.6. The summed E-state index contributed by atoms with van der Waals surface area (Å²) in [4.78, 5) is 29.8. The van der Waals surface area contributed by atoms with Crippen LogP contribution in [0.25, 0.3) is 5.52 Å². The Labute approximate surface area is 162 Å². The topological polar surface area (TPSA) is 75.5 Å². The van der Waals surface area contributed by atoms with Gasteiger partial charge in [0.05, 0.1) is 5.52 Å². The van der Waals surface area contributed by atoms with Crippen LogP contribution in [-0.4, -0.2) is 26.7 Å². The Morgan fingerprint density at radius 3 is 2.52 bits per heavy atom. The highest BCUT2D eigenvalue weighted by molar-refractivity contribution is 6.31. The molecule has 7 heteroatoms. The lowest BCUT2D eigenvalue weighted by atomic mass is 10.1. The number of carbonyl (C=O) groups is 2. The number of pyridine rings is 1. The van der Waals surface area contributed by atoms with Crippen molar-refractivity contribution >= 4 is 34.6 Å². The SMILES string of the molecule is Cc1c(Cl)cccc1NC(=O)c1nc(C(=O)NC(C)(C)C)n2ccccc12. The van der Waals surface area contributed by atoms with Crippen LogP contribution in [0.4, 0.5) is 5.69 Å². The zero-order chi connectivity index (χ0) is 19.8. The fraction of sp³-hybridized carbons (Fsp3) is 0.250. The van der Waals surface area contributed by atoms with Gasteiger partial charge in [-0.25, -0.2) is 4.98 Å². The minimum absolute atomic E-state index is 0.161. The molecule has 3 rings (SSSR count). The molecule has 0 fully saturated rings. The Balaban J connectivity index is 2.01. The lowest BCUT2D eigenvalue weighted by Crippen LogP contribution is -2.41. The van der Waals surface area contributed by atoms with Gasteiger partial charge in [-0.05, 0) is 57.5 Å². The van der Waals surface area contributed by atoms with E-state index in [1.807, 2.05) is 27.7 Å². The zero-order valence-corrected chi connectivity index (χ0v) is 16.4. The predicted molar refractivity (Wildman–Crippen MR) is 107 cm³/mol. The van der Waals surface area contributed by atoms with E-state index in [1.165, 1.54) is 0 Å². The number of imidazole rings is 1. The number of carbonyl (C=O) groups excluding carboxylic acids is 2. The number of rotatable bonds is 3. The third-order valence-electron chi connectivity index (χ3n) is 3.97. The number of halogens is 1. The standard InChI is InChI=1S/C20H21ClN4O2/c1-12-13(21)8-7-9-14(12)22-18(26)16-15-10-5-6-11-25(15)17(23-16)19(27)24-20(2,3)4/h5-11H,1-4H3,(H,22,26)(H,24,27). The van der Waals surface area contributed by atoms with Crippen LogP contribution in [0.5, 0.6) is 0 Å². The van der Waals surface area contributed by atoms with E-state index in [9.17, 15) is 9.59 Å². The predicted octanol–water partition coefficient (Wildman–Crippen LogP) is 4.08. The van der Waals surface area contributed by atoms with E-state index in [0.717, 1.165) is 5.56 Å². The van der Waals surface area contributed by atoms with Crippen molar-refractivity contribution < 1.29 is 9.59 Å². The van der Waals surface area contributed by atoms with E-state index in [0.29, 0.717) is 16.2 Å². The van der Waals surface area contributed by atoms with Crippen molar-refractivity contribution in [1.29, 1.82) is 0 Å². The first-order valence-corrected chi connectivity index (χ1v) is 8.91. The van der Waals surface area contributed by atoms with Crippen LogP contribution < -0.4 is 10.6 Å². The van der Waals surface area contributed by atoms with E-state index >= 15 is 0 Å². The second-order valence-corrected chi connectivity index (χ2v) is 7.72. The van der Waals surface area contributed by atoms with Crippen molar-refractivity contribution in [2.75, 3.05) is 5.32 Å². The summed E-state index contributed by atoms with van der Waals surface area (Å²) in [5, 5.41) is 6.27. The molecule has 2 heterocycles. The minimum atomic E-state index is -0.419. The van der Waals surface area contributed by atoms with E-state index in [-0.39, 0.29) is 17.4 Å². The molecule has 0 saturated carbocycles. The smallest absolute Gasteiger partial charge is 0.288 e. The number of nitrogens with zero attached hydrogens (tertiary/aromatic N) is 2. The van der Waals surface area contributed by atoms with Crippen LogP contribution in [-0.2, 0) is 0 Å². The Hall–Kier alpha value is -2.86. The molecule has 140 valence electrons. The van der Waals surface area contributed by atoms with Gasteiger partial charge in [0.15, 0.2) is 5.69 Å². The van der Waals surface area contributed by atoms with Crippen molar-refractivity contribution in [2.45, 2.75) is 33.2 Å². The molecule has 0 aliphatic rings. The van der Waals surface area contributed by atoms with Crippen LogP contribution in [0.3, 0.4) is 0 Å². The molecule has 2 N–H and O–H groups in total. The number of hydrogen-bond acceptors (Lipinski definition) is 3. The molecule has 2 aromatic heterocycles. The highest BCUT2D eigenvalue weighted by Gasteiger charge is 2.24. The molecule has 27 heavy (non-hydrogen) atoms. The third kappa shape index (κ3) is 3.95. The molecule has 3 aromatic rings. The van der Waals surface area contributed by atoms with E-state index < -0.39 is 11.4 Å². The molecule has 6 nitrogen and oxygen atoms in total. The summed E-state index contributed by atoms with van der Waals surface area (Å²) in [7, 11) is 0. The summed E-state index contributed by atoms with van der Waals surface area (Å²) in [6.45, 7) is 7.48. The van der Waals surface area contributed by atoms with E-state index in [2.05, 4.69) is 15.6 Å². The second kappa shape index (κ2) is 7.04. The number of amides is 2. The van der Waals surface area contributed by atoms with E-state index in [4.69, 9.17) is 11.6 Å². The molecular formula is C20H21ClN4O2. The molecule has 0 unspecified atom stereocenters. The molecule has 0 radical (unpaired) electrons. The first-order chi connectivity index (χ1) is 12.7. The summed E-state index contributed by atoms with van der Waals surface area (Å²) in [6.07, 6.45) is 1.71. The van der Waals surface area contributed by atoms with Crippen LogP contribution in [0.1, 0.15) is 47.4 Å². The average Bonchev–Trinajstić information content (AvgIpc) is 2.97. The highest BCUT2D eigenvalue weighted by Crippen LogP contribution is 2.24. The summed E-state index contributed by atoms with van der Waals surface area (Å²) in [5.74, 6) is -0.589. The van der Waals surface area contributed by atoms with Crippen LogP contribution in [0.15, 0.2) is 42.6 Å². The molecule has 0 aliphatic carbocycles. The Kier molecular flexibility index (Phi) is 4.93. The number of benzene rings is 1. The van der Waals surface area contributed by atoms with E-state index in [1.54, 1.807) is 47.0 Å². The minimum Gasteiger partial charge on any atom is -0.345 e. The molecule has 0 bridgehead atoms. The number of nitrogens with one attached hydrogen (secondary N) is 2. The molecular weight excluding hydrogens is 364 g/mol. The van der Waals surface area contributed by atoms with Gasteiger partial charge in [-0.15, -0.1) is 0 Å². The summed E-state index contributed by atoms with van der Waals surface area (Å²) < 4.78 is 1.61. The fourth-order valence-electron chi connectivity index (χ4n) is 2.69. The number of hydrogen-bond donors (Lipinski definition) is 2. The van der Waals surface area contributed by atoms with Crippen molar-refractivity contribution in [2.24, 2.45) is 0 Å².